The predicted molar refractivity (Wildman–Crippen MR) is 64.0 cm³/mol. The number of hydrogen-bond acceptors (Lipinski definition) is 5. The van der Waals surface area contributed by atoms with Gasteiger partial charge < -0.3 is 15.4 Å². The molecule has 5 nitrogen and oxygen atoms in total. The van der Waals surface area contributed by atoms with E-state index in [0.29, 0.717) is 13.2 Å². The van der Waals surface area contributed by atoms with Crippen molar-refractivity contribution in [3.05, 3.63) is 11.9 Å². The highest BCUT2D eigenvalue weighted by Gasteiger charge is 2.35. The number of nitrogens with zero attached hydrogens (tertiary/aromatic N) is 2. The third-order valence-electron chi connectivity index (χ3n) is 2.81. The lowest BCUT2D eigenvalue weighted by Crippen LogP contribution is -2.28. The van der Waals surface area contributed by atoms with Crippen molar-refractivity contribution in [2.24, 2.45) is 0 Å². The van der Waals surface area contributed by atoms with Crippen molar-refractivity contribution in [1.82, 2.24) is 9.97 Å². The van der Waals surface area contributed by atoms with Gasteiger partial charge in [0.1, 0.15) is 11.6 Å². The maximum Gasteiger partial charge on any atom is 0.451 e. The Morgan fingerprint density at radius 2 is 1.84 bits per heavy atom. The number of aromatic nitrogens is 2. The maximum absolute atomic E-state index is 12.7. The molecule has 0 spiro atoms. The summed E-state index contributed by atoms with van der Waals surface area (Å²) in [5.41, 5.74) is 0. The van der Waals surface area contributed by atoms with Gasteiger partial charge in [0.2, 0.25) is 5.82 Å². The number of halogens is 3. The second-order valence-corrected chi connectivity index (χ2v) is 4.24. The minimum absolute atomic E-state index is 0.0782. The van der Waals surface area contributed by atoms with Crippen LogP contribution in [0.15, 0.2) is 6.07 Å². The SMILES string of the molecule is CNc1cc(NC2CCOCC2)nc(C(F)(F)F)n1. The Morgan fingerprint density at radius 3 is 2.42 bits per heavy atom. The zero-order chi connectivity index (χ0) is 13.9. The molecule has 8 heteroatoms. The average Bonchev–Trinajstić information content (AvgIpc) is 2.38. The molecule has 2 rings (SSSR count). The summed E-state index contributed by atoms with van der Waals surface area (Å²) in [5.74, 6) is -0.829. The van der Waals surface area contributed by atoms with Crippen molar-refractivity contribution in [2.75, 3.05) is 30.9 Å². The van der Waals surface area contributed by atoms with Crippen molar-refractivity contribution in [2.45, 2.75) is 25.1 Å². The third kappa shape index (κ3) is 3.69. The Balaban J connectivity index is 2.19. The molecular formula is C11H15F3N4O. The van der Waals surface area contributed by atoms with Crippen LogP contribution in [0.5, 0.6) is 0 Å². The number of nitrogens with one attached hydrogen (secondary N) is 2. The van der Waals surface area contributed by atoms with Gasteiger partial charge in [0.15, 0.2) is 0 Å². The van der Waals surface area contributed by atoms with Gasteiger partial charge >= 0.3 is 6.18 Å². The Labute approximate surface area is 108 Å². The first-order valence-electron chi connectivity index (χ1n) is 5.97. The van der Waals surface area contributed by atoms with Crippen molar-refractivity contribution >= 4 is 11.6 Å². The fourth-order valence-electron chi connectivity index (χ4n) is 1.83. The molecule has 1 aromatic rings. The van der Waals surface area contributed by atoms with Crippen LogP contribution in [0.2, 0.25) is 0 Å². The van der Waals surface area contributed by atoms with Crippen LogP contribution in [0.1, 0.15) is 18.7 Å². The van der Waals surface area contributed by atoms with E-state index in [9.17, 15) is 13.2 Å². The van der Waals surface area contributed by atoms with Crippen molar-refractivity contribution in [1.29, 1.82) is 0 Å². The molecule has 1 aliphatic heterocycles. The van der Waals surface area contributed by atoms with Crippen molar-refractivity contribution in [3.63, 3.8) is 0 Å². The molecule has 1 fully saturated rings. The number of rotatable bonds is 3. The molecule has 2 N–H and O–H groups in total. The topological polar surface area (TPSA) is 59.1 Å². The van der Waals surface area contributed by atoms with Crippen LogP contribution in [0.4, 0.5) is 24.8 Å². The first kappa shape index (κ1) is 13.9. The quantitative estimate of drug-likeness (QED) is 0.885. The van der Waals surface area contributed by atoms with Gasteiger partial charge in [-0.1, -0.05) is 0 Å². The van der Waals surface area contributed by atoms with E-state index in [1.807, 2.05) is 0 Å². The fraction of sp³-hybridized carbons (Fsp3) is 0.636. The molecule has 0 saturated carbocycles. The Kier molecular flexibility index (Phi) is 4.08. The molecule has 1 aliphatic rings. The lowest BCUT2D eigenvalue weighted by Gasteiger charge is -2.24. The second kappa shape index (κ2) is 5.60. The lowest BCUT2D eigenvalue weighted by atomic mass is 10.1. The predicted octanol–water partition coefficient (Wildman–Crippen LogP) is 2.13. The number of anilines is 2. The summed E-state index contributed by atoms with van der Waals surface area (Å²) in [5, 5.41) is 5.60. The lowest BCUT2D eigenvalue weighted by molar-refractivity contribution is -0.144. The Hall–Kier alpha value is -1.57. The Morgan fingerprint density at radius 1 is 1.21 bits per heavy atom. The largest absolute Gasteiger partial charge is 0.451 e. The molecular weight excluding hydrogens is 261 g/mol. The van der Waals surface area contributed by atoms with Crippen molar-refractivity contribution < 1.29 is 17.9 Å². The van der Waals surface area contributed by atoms with E-state index < -0.39 is 12.0 Å². The summed E-state index contributed by atoms with van der Waals surface area (Å²) in [7, 11) is 1.51. The maximum atomic E-state index is 12.7. The summed E-state index contributed by atoms with van der Waals surface area (Å²) in [4.78, 5) is 6.92. The zero-order valence-corrected chi connectivity index (χ0v) is 10.4. The smallest absolute Gasteiger partial charge is 0.381 e. The summed E-state index contributed by atoms with van der Waals surface area (Å²) in [6.45, 7) is 1.21. The van der Waals surface area contributed by atoms with E-state index in [2.05, 4.69) is 20.6 Å². The number of hydrogen-bond donors (Lipinski definition) is 2. The molecule has 106 valence electrons. The zero-order valence-electron chi connectivity index (χ0n) is 10.4. The first-order valence-corrected chi connectivity index (χ1v) is 5.97. The van der Waals surface area contributed by atoms with E-state index in [1.165, 1.54) is 13.1 Å². The van der Waals surface area contributed by atoms with Gasteiger partial charge in [0.25, 0.3) is 0 Å². The highest BCUT2D eigenvalue weighted by molar-refractivity contribution is 5.48. The molecule has 19 heavy (non-hydrogen) atoms. The van der Waals surface area contributed by atoms with Gasteiger partial charge in [0, 0.05) is 32.4 Å². The average molecular weight is 276 g/mol. The van der Waals surface area contributed by atoms with Crippen LogP contribution in [-0.4, -0.2) is 36.3 Å². The van der Waals surface area contributed by atoms with Gasteiger partial charge in [0.05, 0.1) is 0 Å². The first-order chi connectivity index (χ1) is 8.99. The second-order valence-electron chi connectivity index (χ2n) is 4.24. The molecule has 0 unspecified atom stereocenters. The third-order valence-corrected chi connectivity index (χ3v) is 2.81. The molecule has 1 aromatic heterocycles. The summed E-state index contributed by atoms with van der Waals surface area (Å²) >= 11 is 0. The minimum Gasteiger partial charge on any atom is -0.381 e. The van der Waals surface area contributed by atoms with E-state index in [0.717, 1.165) is 12.8 Å². The van der Waals surface area contributed by atoms with Crippen LogP contribution >= 0.6 is 0 Å². The molecule has 0 amide bonds. The molecule has 0 bridgehead atoms. The molecule has 0 aliphatic carbocycles. The van der Waals surface area contributed by atoms with Gasteiger partial charge in [-0.3, -0.25) is 0 Å². The van der Waals surface area contributed by atoms with Crippen LogP contribution in [0.25, 0.3) is 0 Å². The molecule has 1 saturated heterocycles. The molecule has 0 radical (unpaired) electrons. The summed E-state index contributed by atoms with van der Waals surface area (Å²) in [6, 6.07) is 1.54. The highest BCUT2D eigenvalue weighted by atomic mass is 19.4. The van der Waals surface area contributed by atoms with Crippen molar-refractivity contribution in [3.8, 4) is 0 Å². The van der Waals surface area contributed by atoms with Gasteiger partial charge in [-0.05, 0) is 12.8 Å². The van der Waals surface area contributed by atoms with Gasteiger partial charge in [-0.2, -0.15) is 13.2 Å². The van der Waals surface area contributed by atoms with Crippen LogP contribution in [0.3, 0.4) is 0 Å². The van der Waals surface area contributed by atoms with E-state index in [1.54, 1.807) is 0 Å². The minimum atomic E-state index is -4.56. The van der Waals surface area contributed by atoms with E-state index in [4.69, 9.17) is 4.74 Å². The molecule has 0 atom stereocenters. The fourth-order valence-corrected chi connectivity index (χ4v) is 1.83. The molecule has 2 heterocycles. The summed E-state index contributed by atoms with van der Waals surface area (Å²) < 4.78 is 43.2. The molecule has 0 aromatic carbocycles. The Bertz CT molecular complexity index is 432. The number of alkyl halides is 3. The van der Waals surface area contributed by atoms with E-state index in [-0.39, 0.29) is 17.7 Å². The van der Waals surface area contributed by atoms with Crippen LogP contribution in [-0.2, 0) is 10.9 Å². The van der Waals surface area contributed by atoms with E-state index >= 15 is 0 Å². The monoisotopic (exact) mass is 276 g/mol. The van der Waals surface area contributed by atoms with Crippen LogP contribution < -0.4 is 10.6 Å². The summed E-state index contributed by atoms with van der Waals surface area (Å²) in [6.07, 6.45) is -3.06. The standard InChI is InChI=1S/C11H15F3N4O/c1-15-8-6-9(16-7-2-4-19-5-3-7)18-10(17-8)11(12,13)14/h6-7H,2-5H2,1H3,(H2,15,16,17,18). The van der Waals surface area contributed by atoms with Gasteiger partial charge in [-0.15, -0.1) is 0 Å². The number of ether oxygens (including phenoxy) is 1. The highest BCUT2D eigenvalue weighted by Crippen LogP contribution is 2.28. The van der Waals surface area contributed by atoms with Crippen LogP contribution in [0, 0.1) is 0 Å². The normalized spacial score (nSPS) is 17.3. The van der Waals surface area contributed by atoms with Gasteiger partial charge in [-0.25, -0.2) is 9.97 Å².